The molecule has 2 radical (unpaired) electrons. The van der Waals surface area contributed by atoms with Crippen LogP contribution in [0.5, 0.6) is 0 Å². The molecule has 14 heavy (non-hydrogen) atoms. The number of unbranched alkanes of at least 4 members (excludes halogenated alkanes) is 1. The van der Waals surface area contributed by atoms with Crippen LogP contribution in [0.25, 0.3) is 0 Å². The molecular formula is C9H20O4Si. The number of hydrogen-bond acceptors (Lipinski definition) is 4. The zero-order valence-electron chi connectivity index (χ0n) is 9.37. The molecule has 1 N–H and O–H groups in total. The van der Waals surface area contributed by atoms with Crippen LogP contribution in [0, 0.1) is 0 Å². The lowest BCUT2D eigenvalue weighted by Crippen LogP contribution is -2.52. The van der Waals surface area contributed by atoms with Crippen molar-refractivity contribution in [1.29, 1.82) is 0 Å². The summed E-state index contributed by atoms with van der Waals surface area (Å²) in [7, 11) is 4.19. The third kappa shape index (κ3) is 3.32. The van der Waals surface area contributed by atoms with Crippen molar-refractivity contribution in [2.45, 2.75) is 37.7 Å². The van der Waals surface area contributed by atoms with Crippen molar-refractivity contribution in [2.24, 2.45) is 0 Å². The van der Waals surface area contributed by atoms with Gasteiger partial charge in [0.15, 0.2) is 0 Å². The molecule has 0 bridgehead atoms. The average Bonchev–Trinajstić information content (AvgIpc) is 2.25. The van der Waals surface area contributed by atoms with Gasteiger partial charge in [-0.15, -0.1) is 0 Å². The summed E-state index contributed by atoms with van der Waals surface area (Å²) in [6.45, 7) is 2.11. The molecule has 0 saturated heterocycles. The molecule has 0 spiro atoms. The normalized spacial score (nSPS) is 14.4. The fraction of sp³-hybridized carbons (Fsp3) is 1.00. The van der Waals surface area contributed by atoms with Crippen molar-refractivity contribution >= 4 is 9.76 Å². The monoisotopic (exact) mass is 220 g/mol. The van der Waals surface area contributed by atoms with Crippen molar-refractivity contribution in [3.05, 3.63) is 0 Å². The van der Waals surface area contributed by atoms with Crippen molar-refractivity contribution < 1.29 is 19.0 Å². The lowest BCUT2D eigenvalue weighted by molar-refractivity contribution is -0.216. The summed E-state index contributed by atoms with van der Waals surface area (Å²) in [5.74, 6) is 0. The molecule has 0 aromatic carbocycles. The maximum Gasteiger partial charge on any atom is 0.304 e. The Morgan fingerprint density at radius 3 is 2.14 bits per heavy atom. The lowest BCUT2D eigenvalue weighted by Gasteiger charge is -2.34. The predicted octanol–water partition coefficient (Wildman–Crippen LogP) is 0.750. The summed E-state index contributed by atoms with van der Waals surface area (Å²) in [5, 5.41) is 0. The van der Waals surface area contributed by atoms with E-state index in [2.05, 4.69) is 6.92 Å². The summed E-state index contributed by atoms with van der Waals surface area (Å²) in [5.41, 5.74) is -0.996. The summed E-state index contributed by atoms with van der Waals surface area (Å²) >= 11 is 0. The van der Waals surface area contributed by atoms with E-state index >= 15 is 0 Å². The highest BCUT2D eigenvalue weighted by Crippen LogP contribution is 2.21. The second-order valence-electron chi connectivity index (χ2n) is 3.05. The Labute approximate surface area is 88.5 Å². The van der Waals surface area contributed by atoms with E-state index in [1.165, 1.54) is 14.2 Å². The molecule has 1 unspecified atom stereocenters. The lowest BCUT2D eigenvalue weighted by atomic mass is 10.1. The molecule has 0 aliphatic rings. The molecule has 1 atom stereocenters. The molecule has 84 valence electrons. The topological polar surface area (TPSA) is 47.9 Å². The van der Waals surface area contributed by atoms with Crippen LogP contribution in [0.15, 0.2) is 0 Å². The highest BCUT2D eigenvalue weighted by atomic mass is 28.2. The first-order valence-electron chi connectivity index (χ1n) is 4.75. The van der Waals surface area contributed by atoms with Gasteiger partial charge in [-0.05, 0) is 6.42 Å². The predicted molar refractivity (Wildman–Crippen MR) is 55.0 cm³/mol. The standard InChI is InChI=1S/C9H20O4Si/c1-5-6-7-8(11-2)9(12-3,13-4)14-10/h8,10H,5-7H2,1-4H3. The first-order valence-corrected chi connectivity index (χ1v) is 5.69. The molecular weight excluding hydrogens is 200 g/mol. The second-order valence-corrected chi connectivity index (χ2v) is 3.97. The molecule has 0 saturated carbocycles. The fourth-order valence-corrected chi connectivity index (χ4v) is 1.95. The van der Waals surface area contributed by atoms with Crippen LogP contribution in [0.4, 0.5) is 0 Å². The average molecular weight is 220 g/mol. The van der Waals surface area contributed by atoms with Gasteiger partial charge in [0.25, 0.3) is 0 Å². The van der Waals surface area contributed by atoms with E-state index in [4.69, 9.17) is 14.2 Å². The SMILES string of the molecule is CCCCC(OC)C(OC)(OC)[Si]O. The first-order chi connectivity index (χ1) is 6.70. The molecule has 0 rings (SSSR count). The van der Waals surface area contributed by atoms with E-state index in [1.54, 1.807) is 7.11 Å². The van der Waals surface area contributed by atoms with E-state index in [1.807, 2.05) is 0 Å². The molecule has 0 aliphatic carbocycles. The third-order valence-corrected chi connectivity index (χ3v) is 3.33. The Morgan fingerprint density at radius 1 is 1.29 bits per heavy atom. The van der Waals surface area contributed by atoms with Crippen LogP contribution in [0.3, 0.4) is 0 Å². The Hall–Kier alpha value is 0.0569. The van der Waals surface area contributed by atoms with Gasteiger partial charge in [-0.1, -0.05) is 19.8 Å². The summed E-state index contributed by atoms with van der Waals surface area (Å²) < 4.78 is 15.7. The quantitative estimate of drug-likeness (QED) is 0.484. The van der Waals surface area contributed by atoms with Gasteiger partial charge >= 0.3 is 9.76 Å². The van der Waals surface area contributed by atoms with Gasteiger partial charge in [0, 0.05) is 21.3 Å². The molecule has 0 heterocycles. The van der Waals surface area contributed by atoms with Gasteiger partial charge in [-0.25, -0.2) is 0 Å². The Kier molecular flexibility index (Phi) is 7.39. The van der Waals surface area contributed by atoms with Crippen molar-refractivity contribution in [1.82, 2.24) is 0 Å². The molecule has 0 amide bonds. The smallest absolute Gasteiger partial charge is 0.304 e. The van der Waals surface area contributed by atoms with E-state index in [9.17, 15) is 4.80 Å². The van der Waals surface area contributed by atoms with Gasteiger partial charge in [0.05, 0.1) is 0 Å². The molecule has 4 nitrogen and oxygen atoms in total. The zero-order valence-corrected chi connectivity index (χ0v) is 10.4. The van der Waals surface area contributed by atoms with Gasteiger partial charge in [0.2, 0.25) is 5.41 Å². The third-order valence-electron chi connectivity index (χ3n) is 2.29. The van der Waals surface area contributed by atoms with Gasteiger partial charge in [-0.2, -0.15) is 0 Å². The van der Waals surface area contributed by atoms with Crippen molar-refractivity contribution in [3.63, 3.8) is 0 Å². The van der Waals surface area contributed by atoms with E-state index < -0.39 is 15.2 Å². The first kappa shape index (κ1) is 14.1. The van der Waals surface area contributed by atoms with Crippen LogP contribution < -0.4 is 0 Å². The number of methoxy groups -OCH3 is 3. The van der Waals surface area contributed by atoms with Crippen LogP contribution in [-0.4, -0.2) is 47.4 Å². The van der Waals surface area contributed by atoms with Gasteiger partial charge < -0.3 is 19.0 Å². The van der Waals surface area contributed by atoms with Gasteiger partial charge in [-0.3, -0.25) is 0 Å². The fourth-order valence-electron chi connectivity index (χ4n) is 1.36. The van der Waals surface area contributed by atoms with E-state index in [0.29, 0.717) is 0 Å². The number of rotatable bonds is 8. The minimum Gasteiger partial charge on any atom is -0.428 e. The van der Waals surface area contributed by atoms with Crippen molar-refractivity contribution in [2.75, 3.05) is 21.3 Å². The van der Waals surface area contributed by atoms with Gasteiger partial charge in [0.1, 0.15) is 6.10 Å². The highest BCUT2D eigenvalue weighted by molar-refractivity contribution is 6.29. The molecule has 0 aromatic heterocycles. The summed E-state index contributed by atoms with van der Waals surface area (Å²) in [6, 6.07) is 0. The van der Waals surface area contributed by atoms with E-state index in [-0.39, 0.29) is 6.10 Å². The number of ether oxygens (including phenoxy) is 3. The minimum absolute atomic E-state index is 0.221. The van der Waals surface area contributed by atoms with E-state index in [0.717, 1.165) is 19.3 Å². The minimum atomic E-state index is -0.996. The van der Waals surface area contributed by atoms with Crippen molar-refractivity contribution in [3.8, 4) is 0 Å². The Bertz CT molecular complexity index is 131. The zero-order chi connectivity index (χ0) is 11.0. The largest absolute Gasteiger partial charge is 0.428 e. The molecule has 5 heteroatoms. The second kappa shape index (κ2) is 7.36. The van der Waals surface area contributed by atoms with Crippen LogP contribution in [0.2, 0.25) is 0 Å². The molecule has 0 aliphatic heterocycles. The maximum atomic E-state index is 9.28. The van der Waals surface area contributed by atoms with Crippen LogP contribution in [-0.2, 0) is 14.2 Å². The van der Waals surface area contributed by atoms with Crippen LogP contribution in [0.1, 0.15) is 26.2 Å². The Balaban J connectivity index is 4.40. The summed E-state index contributed by atoms with van der Waals surface area (Å²) in [6.07, 6.45) is 2.71. The molecule has 0 aromatic rings. The number of hydrogen-bond donors (Lipinski definition) is 1. The highest BCUT2D eigenvalue weighted by Gasteiger charge is 2.40. The van der Waals surface area contributed by atoms with Crippen LogP contribution >= 0.6 is 0 Å². The summed E-state index contributed by atoms with van der Waals surface area (Å²) in [4.78, 5) is 9.28. The molecule has 0 fully saturated rings. The Morgan fingerprint density at radius 2 is 1.86 bits per heavy atom. The maximum absolute atomic E-state index is 9.28.